The quantitative estimate of drug-likeness (QED) is 0.0425. The number of aliphatic hydroxyl groups is 23. The highest BCUT2D eigenvalue weighted by Crippen LogP contribution is 2.78. The fourth-order valence-corrected chi connectivity index (χ4v) is 27.6. The van der Waals surface area contributed by atoms with E-state index in [0.29, 0.717) is 42.9 Å². The van der Waals surface area contributed by atoms with Crippen molar-refractivity contribution in [1.29, 1.82) is 0 Å². The van der Waals surface area contributed by atoms with E-state index in [0.717, 1.165) is 101 Å². The molecule has 0 radical (unpaired) electrons. The van der Waals surface area contributed by atoms with E-state index in [9.17, 15) is 117 Å². The van der Waals surface area contributed by atoms with Crippen LogP contribution in [0.1, 0.15) is 213 Å². The molecule has 5 heterocycles. The van der Waals surface area contributed by atoms with Crippen LogP contribution in [0.5, 0.6) is 0 Å². The summed E-state index contributed by atoms with van der Waals surface area (Å²) in [6.07, 6.45) is -22.7. The van der Waals surface area contributed by atoms with Gasteiger partial charge in [-0.05, 0) is 245 Å². The minimum atomic E-state index is -1.84. The molecule has 0 amide bonds. The zero-order valence-electron chi connectivity index (χ0n) is 74.6. The molecule has 33 heteroatoms. The maximum atomic E-state index is 11.8. The predicted molar refractivity (Wildman–Crippen MR) is 437 cm³/mol. The second-order valence-electron chi connectivity index (χ2n) is 43.1. The summed E-state index contributed by atoms with van der Waals surface area (Å²) >= 11 is 0. The third kappa shape index (κ3) is 18.0. The van der Waals surface area contributed by atoms with E-state index in [2.05, 4.69) is 69.2 Å². The van der Waals surface area contributed by atoms with Crippen molar-refractivity contribution in [3.8, 4) is 0 Å². The monoisotopic (exact) mass is 1760 g/mol. The lowest BCUT2D eigenvalue weighted by Crippen LogP contribution is -2.67. The molecule has 5 aliphatic heterocycles. The van der Waals surface area contributed by atoms with Crippen LogP contribution in [0.4, 0.5) is 0 Å². The molecule has 712 valence electrons. The summed E-state index contributed by atoms with van der Waals surface area (Å²) in [6.45, 7) is 26.5. The Labute approximate surface area is 723 Å². The van der Waals surface area contributed by atoms with Gasteiger partial charge >= 0.3 is 0 Å². The highest BCUT2D eigenvalue weighted by Gasteiger charge is 2.72. The molecule has 43 atom stereocenters. The molecule has 0 aromatic rings. The van der Waals surface area contributed by atoms with Crippen LogP contribution in [0.25, 0.3) is 0 Å². The van der Waals surface area contributed by atoms with Crippen LogP contribution in [-0.4, -0.2) is 353 Å². The Morgan fingerprint density at radius 1 is 0.341 bits per heavy atom. The van der Waals surface area contributed by atoms with Crippen molar-refractivity contribution in [1.82, 2.24) is 0 Å². The van der Waals surface area contributed by atoms with E-state index in [1.807, 2.05) is 12.2 Å². The molecule has 5 saturated heterocycles. The lowest BCUT2D eigenvalue weighted by molar-refractivity contribution is -0.382. The zero-order chi connectivity index (χ0) is 90.7. The van der Waals surface area contributed by atoms with Gasteiger partial charge in [0.15, 0.2) is 31.5 Å². The van der Waals surface area contributed by atoms with Gasteiger partial charge in [0.25, 0.3) is 0 Å². The van der Waals surface area contributed by atoms with Crippen LogP contribution < -0.4 is 0 Å². The van der Waals surface area contributed by atoms with E-state index in [4.69, 9.17) is 47.4 Å². The van der Waals surface area contributed by atoms with Gasteiger partial charge in [-0.3, -0.25) is 0 Å². The fraction of sp³-hybridized carbons (Fsp3) is 0.956. The highest BCUT2D eigenvalue weighted by atomic mass is 16.8. The fourth-order valence-electron chi connectivity index (χ4n) is 27.6. The first kappa shape index (κ1) is 100. The second-order valence-corrected chi connectivity index (χ2v) is 43.1. The number of rotatable bonds is 25. The Morgan fingerprint density at radius 2 is 0.650 bits per heavy atom. The van der Waals surface area contributed by atoms with Gasteiger partial charge in [-0.25, -0.2) is 0 Å². The van der Waals surface area contributed by atoms with E-state index >= 15 is 0 Å². The Bertz CT molecular complexity index is 3520. The first-order chi connectivity index (χ1) is 57.4. The second kappa shape index (κ2) is 37.9. The highest BCUT2D eigenvalue weighted by molar-refractivity contribution is 5.25. The Hall–Kier alpha value is -1.84. The average molecular weight is 1760 g/mol. The Kier molecular flexibility index (Phi) is 30.9. The molecule has 0 spiro atoms. The normalized spacial score (nSPS) is 50.5. The molecule has 8 aliphatic carbocycles. The van der Waals surface area contributed by atoms with Crippen molar-refractivity contribution in [3.63, 3.8) is 0 Å². The number of hydrogen-bond acceptors (Lipinski definition) is 33. The third-order valence-electron chi connectivity index (χ3n) is 35.4. The zero-order valence-corrected chi connectivity index (χ0v) is 74.6. The van der Waals surface area contributed by atoms with E-state index in [-0.39, 0.29) is 87.3 Å². The van der Waals surface area contributed by atoms with Crippen molar-refractivity contribution >= 4 is 0 Å². The molecule has 123 heavy (non-hydrogen) atoms. The molecule has 13 rings (SSSR count). The molecule has 23 N–H and O–H groups in total. The van der Waals surface area contributed by atoms with Crippen LogP contribution in [0, 0.1) is 90.7 Å². The van der Waals surface area contributed by atoms with Crippen molar-refractivity contribution in [2.24, 2.45) is 90.7 Å². The Morgan fingerprint density at radius 3 is 0.992 bits per heavy atom. The van der Waals surface area contributed by atoms with Crippen molar-refractivity contribution < 1.29 is 165 Å². The maximum Gasteiger partial charge on any atom is 0.187 e. The minimum Gasteiger partial charge on any atom is -0.394 e. The smallest absolute Gasteiger partial charge is 0.187 e. The molecule has 13 fully saturated rings. The lowest BCUT2D eigenvalue weighted by atomic mass is 9.35. The largest absolute Gasteiger partial charge is 0.394 e. The summed E-state index contributed by atoms with van der Waals surface area (Å²) in [5.41, 5.74) is -1.49. The van der Waals surface area contributed by atoms with E-state index < -0.39 is 221 Å². The molecule has 0 bridgehead atoms. The van der Waals surface area contributed by atoms with Crippen LogP contribution in [0.15, 0.2) is 23.3 Å². The molecule has 3 unspecified atom stereocenters. The summed E-state index contributed by atoms with van der Waals surface area (Å²) in [5, 5.41) is 242. The van der Waals surface area contributed by atoms with Gasteiger partial charge in [-0.2, -0.15) is 0 Å². The van der Waals surface area contributed by atoms with Gasteiger partial charge in [-0.15, -0.1) is 0 Å². The van der Waals surface area contributed by atoms with Crippen LogP contribution in [0.2, 0.25) is 0 Å². The van der Waals surface area contributed by atoms with Crippen LogP contribution in [0.3, 0.4) is 0 Å². The molecule has 13 aliphatic rings. The van der Waals surface area contributed by atoms with Gasteiger partial charge in [-0.1, -0.05) is 81.4 Å². The van der Waals surface area contributed by atoms with Gasteiger partial charge < -0.3 is 165 Å². The van der Waals surface area contributed by atoms with Crippen molar-refractivity contribution in [2.45, 2.75) is 402 Å². The van der Waals surface area contributed by atoms with Crippen LogP contribution >= 0.6 is 0 Å². The molecule has 0 aromatic heterocycles. The lowest BCUT2D eigenvalue weighted by Gasteiger charge is -2.70. The predicted octanol–water partition coefficient (Wildman–Crippen LogP) is 0.0670. The van der Waals surface area contributed by atoms with Gasteiger partial charge in [0.1, 0.15) is 122 Å². The third-order valence-corrected chi connectivity index (χ3v) is 35.4. The molecular weight excluding hydrogens is 1610 g/mol. The molecule has 33 nitrogen and oxygen atoms in total. The van der Waals surface area contributed by atoms with Gasteiger partial charge in [0, 0.05) is 0 Å². The number of aliphatic hydroxyl groups excluding tert-OH is 21. The van der Waals surface area contributed by atoms with Crippen molar-refractivity contribution in [3.05, 3.63) is 23.3 Å². The number of hydrogen-bond donors (Lipinski definition) is 23. The summed E-state index contributed by atoms with van der Waals surface area (Å²) in [6, 6.07) is 0. The number of ether oxygens (including phenoxy) is 10. The van der Waals surface area contributed by atoms with Gasteiger partial charge in [0.05, 0.1) is 81.9 Å². The average Bonchev–Trinajstić information content (AvgIpc) is 1.66. The van der Waals surface area contributed by atoms with Gasteiger partial charge in [0.2, 0.25) is 0 Å². The molecule has 0 aromatic carbocycles. The first-order valence-electron chi connectivity index (χ1n) is 45.6. The first-order valence-corrected chi connectivity index (χ1v) is 45.6. The standard InChI is InChI=1S/C48H82O19.C42H72O14/c1-44(2)28-13-17-48(7)29(10-9-24-23(12-16-47(24,48)6)22(18-49)8-11-30(52)45(3,4)61)46(28,5)15-14-31(44)66-43-40(67-42-39(60)36(57)33(54)26(20-51)64-42)37(58)34(55)27(65-43)21-62-41-38(59)35(56)32(53)25(19-50)63-41;1-38(2)26-13-17-42(7)27(10-9-23-22(12-16-41(23,42)6)21(18-43)8-11-28(46)39(3,4)52)40(26,5)15-14-29(38)55-37-35(33(50)31(48)25(20-45)54-37)56-36-34(51)32(49)30(47)24(19-44)53-36/h8,23-43,49-61H,9-21H2,1-7H3;8,22-37,43-52H,9-20H2,1-7H3/b22-8+;21-8+/t23-,24-,25-,26-,27-,28+,29-,30+,31+,32-,33-,34-,35+,36+,37+,38-,39-,40-,41?,42?,43+,46+,47-,48-;22-,23-,24-,25-,26+,27-,28+,29+,30-,31-,32+,33+,34-,35-,36?,37+,40+,41-,42-/m11/s1. The summed E-state index contributed by atoms with van der Waals surface area (Å²) < 4.78 is 60.6. The SMILES string of the molecule is CC(C)(O)[C@@H](O)C/C=C(\CO)[C@H]1CC[C@]2(C)[C@@H]1CC[C@@H]1[C@@]3(C)CC[C@H](O[C@@H]4O[C@H](CO)[C@@H](O)[C@H](O)[C@H]4OC4O[C@H](CO)[C@@H](O)[C@H](O)[C@H]4O)C(C)(C)[C@@H]3CC[C@]12C.CC(C)(O)[C@@H](O)C/C=C(\CO)[C@H]1CC[C@]2(C)[C@@H]1CC[C@@H]1[C@@]3(C)CC[C@H](O[C@@H]4O[C@H](COC5O[C@H](CO)[C@@H](O)[C@H](O)[C@H]5O)[C@@H](O)[C@H](O)[C@H]4OC4O[C@H](CO)[C@@H](O)[C@H](O)[C@H]4O)C(C)(C)[C@@H]3CC[C@]12C. The van der Waals surface area contributed by atoms with Crippen LogP contribution in [-0.2, 0) is 47.4 Å². The topological polar surface area (TPSA) is 558 Å². The summed E-state index contributed by atoms with van der Waals surface area (Å²) in [7, 11) is 0. The van der Waals surface area contributed by atoms with E-state index in [1.165, 1.54) is 0 Å². The maximum absolute atomic E-state index is 11.8. The van der Waals surface area contributed by atoms with Crippen molar-refractivity contribution in [2.75, 3.05) is 46.2 Å². The summed E-state index contributed by atoms with van der Waals surface area (Å²) in [4.78, 5) is 0. The summed E-state index contributed by atoms with van der Waals surface area (Å²) in [5.74, 6) is 2.40. The number of fused-ring (bicyclic) bond motifs is 10. The minimum absolute atomic E-state index is 0.0102. The van der Waals surface area contributed by atoms with E-state index in [1.54, 1.807) is 27.7 Å². The molecular formula is C90H154O33. The molecule has 8 saturated carbocycles. The Balaban J connectivity index is 0.000000228.